The number of nitrogens with zero attached hydrogens (tertiary/aromatic N) is 2. The average molecular weight is 247 g/mol. The summed E-state index contributed by atoms with van der Waals surface area (Å²) in [5.41, 5.74) is 0.879. The summed E-state index contributed by atoms with van der Waals surface area (Å²) in [4.78, 5) is 0. The zero-order valence-electron chi connectivity index (χ0n) is 10.5. The van der Waals surface area contributed by atoms with Crippen molar-refractivity contribution in [2.24, 2.45) is 0 Å². The third-order valence-corrected chi connectivity index (χ3v) is 3.13. The Bertz CT molecular complexity index is 514. The predicted octanol–water partition coefficient (Wildman–Crippen LogP) is 2.32. The molecule has 1 saturated carbocycles. The van der Waals surface area contributed by atoms with Gasteiger partial charge in [0.25, 0.3) is 5.89 Å². The van der Waals surface area contributed by atoms with Crippen molar-refractivity contribution in [1.82, 2.24) is 15.5 Å². The van der Waals surface area contributed by atoms with E-state index in [9.17, 15) is 0 Å². The summed E-state index contributed by atoms with van der Waals surface area (Å²) in [6, 6.07) is 2.61. The van der Waals surface area contributed by atoms with E-state index in [-0.39, 0.29) is 0 Å². The second-order valence-electron chi connectivity index (χ2n) is 4.72. The molecule has 0 spiro atoms. The number of hydrogen-bond donors (Lipinski definition) is 1. The zero-order valence-corrected chi connectivity index (χ0v) is 10.5. The van der Waals surface area contributed by atoms with Crippen molar-refractivity contribution >= 4 is 0 Å². The van der Waals surface area contributed by atoms with Gasteiger partial charge in [0.05, 0.1) is 11.8 Å². The molecule has 18 heavy (non-hydrogen) atoms. The molecule has 2 aromatic heterocycles. The summed E-state index contributed by atoms with van der Waals surface area (Å²) in [6.45, 7) is 2.91. The van der Waals surface area contributed by atoms with E-state index in [2.05, 4.69) is 15.5 Å². The quantitative estimate of drug-likeness (QED) is 0.794. The van der Waals surface area contributed by atoms with E-state index < -0.39 is 0 Å². The fourth-order valence-electron chi connectivity index (χ4n) is 1.90. The number of nitrogens with one attached hydrogen (secondary N) is 1. The van der Waals surface area contributed by atoms with Gasteiger partial charge < -0.3 is 14.2 Å². The molecule has 5 nitrogen and oxygen atoms in total. The van der Waals surface area contributed by atoms with Crippen molar-refractivity contribution in [3.63, 3.8) is 0 Å². The minimum absolute atomic E-state index is 0.548. The van der Waals surface area contributed by atoms with Crippen LogP contribution < -0.4 is 5.32 Å². The maximum absolute atomic E-state index is 5.62. The molecule has 1 aliphatic carbocycles. The van der Waals surface area contributed by atoms with Crippen LogP contribution in [0.1, 0.15) is 30.9 Å². The minimum atomic E-state index is 0.548. The van der Waals surface area contributed by atoms with Crippen LogP contribution in [-0.4, -0.2) is 22.8 Å². The van der Waals surface area contributed by atoms with Gasteiger partial charge in [0, 0.05) is 12.5 Å². The van der Waals surface area contributed by atoms with Gasteiger partial charge in [-0.15, -0.1) is 10.2 Å². The lowest BCUT2D eigenvalue weighted by Crippen LogP contribution is -2.17. The number of aryl methyl sites for hydroxylation is 2. The fraction of sp³-hybridized carbons (Fsp3) is 0.538. The van der Waals surface area contributed by atoms with E-state index in [0.29, 0.717) is 11.8 Å². The van der Waals surface area contributed by atoms with Crippen LogP contribution in [0.3, 0.4) is 0 Å². The van der Waals surface area contributed by atoms with Crippen molar-refractivity contribution in [2.75, 3.05) is 6.54 Å². The molecule has 2 heterocycles. The lowest BCUT2D eigenvalue weighted by atomic mass is 10.3. The SMILES string of the molecule is Cc1occc1-c1nnc(CCCNC2CC2)o1. The molecule has 0 radical (unpaired) electrons. The van der Waals surface area contributed by atoms with E-state index in [1.807, 2.05) is 13.0 Å². The number of rotatable bonds is 6. The van der Waals surface area contributed by atoms with Crippen LogP contribution in [-0.2, 0) is 6.42 Å². The van der Waals surface area contributed by atoms with Gasteiger partial charge in [0.15, 0.2) is 0 Å². The van der Waals surface area contributed by atoms with Gasteiger partial charge in [-0.1, -0.05) is 0 Å². The molecule has 5 heteroatoms. The molecule has 1 aliphatic rings. The summed E-state index contributed by atoms with van der Waals surface area (Å²) in [6.07, 6.45) is 6.13. The Morgan fingerprint density at radius 1 is 1.39 bits per heavy atom. The standard InChI is InChI=1S/C13H17N3O2/c1-9-11(6-8-17-9)13-16-15-12(18-13)3-2-7-14-10-4-5-10/h6,8,10,14H,2-5,7H2,1H3. The van der Waals surface area contributed by atoms with Crippen molar-refractivity contribution < 1.29 is 8.83 Å². The highest BCUT2D eigenvalue weighted by atomic mass is 16.4. The highest BCUT2D eigenvalue weighted by molar-refractivity contribution is 5.54. The lowest BCUT2D eigenvalue weighted by Gasteiger charge is -1.99. The first-order valence-corrected chi connectivity index (χ1v) is 6.43. The molecule has 96 valence electrons. The van der Waals surface area contributed by atoms with E-state index in [1.54, 1.807) is 6.26 Å². The normalized spacial score (nSPS) is 15.2. The van der Waals surface area contributed by atoms with Crippen molar-refractivity contribution in [2.45, 2.75) is 38.6 Å². The topological polar surface area (TPSA) is 64.1 Å². The van der Waals surface area contributed by atoms with E-state index in [4.69, 9.17) is 8.83 Å². The monoisotopic (exact) mass is 247 g/mol. The fourth-order valence-corrected chi connectivity index (χ4v) is 1.90. The van der Waals surface area contributed by atoms with Crippen LogP contribution in [0.4, 0.5) is 0 Å². The van der Waals surface area contributed by atoms with Crippen LogP contribution in [0.2, 0.25) is 0 Å². The first-order valence-electron chi connectivity index (χ1n) is 6.43. The first-order chi connectivity index (χ1) is 8.83. The smallest absolute Gasteiger partial charge is 0.251 e. The molecule has 0 unspecified atom stereocenters. The Labute approximate surface area is 106 Å². The maximum atomic E-state index is 5.62. The maximum Gasteiger partial charge on any atom is 0.251 e. The van der Waals surface area contributed by atoms with Crippen molar-refractivity contribution in [3.05, 3.63) is 24.0 Å². The zero-order chi connectivity index (χ0) is 12.4. The molecule has 1 N–H and O–H groups in total. The number of furan rings is 1. The van der Waals surface area contributed by atoms with Crippen molar-refractivity contribution in [3.8, 4) is 11.5 Å². The third-order valence-electron chi connectivity index (χ3n) is 3.13. The molecule has 0 bridgehead atoms. The van der Waals surface area contributed by atoms with E-state index in [1.165, 1.54) is 12.8 Å². The van der Waals surface area contributed by atoms with Crippen LogP contribution in [0.15, 0.2) is 21.2 Å². The average Bonchev–Trinajstić information content (AvgIpc) is 2.90. The Morgan fingerprint density at radius 3 is 3.00 bits per heavy atom. The number of hydrogen-bond acceptors (Lipinski definition) is 5. The van der Waals surface area contributed by atoms with Crippen LogP contribution in [0, 0.1) is 6.92 Å². The highest BCUT2D eigenvalue weighted by Gasteiger charge is 2.19. The molecule has 2 aromatic rings. The lowest BCUT2D eigenvalue weighted by molar-refractivity contribution is 0.487. The van der Waals surface area contributed by atoms with Crippen LogP contribution >= 0.6 is 0 Å². The summed E-state index contributed by atoms with van der Waals surface area (Å²) < 4.78 is 10.8. The first kappa shape index (κ1) is 11.5. The summed E-state index contributed by atoms with van der Waals surface area (Å²) >= 11 is 0. The largest absolute Gasteiger partial charge is 0.469 e. The third kappa shape index (κ3) is 2.61. The number of aromatic nitrogens is 2. The summed E-state index contributed by atoms with van der Waals surface area (Å²) in [5, 5.41) is 11.6. The Hall–Kier alpha value is -1.62. The minimum Gasteiger partial charge on any atom is -0.469 e. The molecular formula is C13H17N3O2. The van der Waals surface area contributed by atoms with Gasteiger partial charge in [-0.3, -0.25) is 0 Å². The Kier molecular flexibility index (Phi) is 3.15. The summed E-state index contributed by atoms with van der Waals surface area (Å²) in [7, 11) is 0. The molecule has 1 fully saturated rings. The predicted molar refractivity (Wildman–Crippen MR) is 66.1 cm³/mol. The van der Waals surface area contributed by atoms with Gasteiger partial charge >= 0.3 is 0 Å². The molecule has 0 aliphatic heterocycles. The van der Waals surface area contributed by atoms with Crippen molar-refractivity contribution in [1.29, 1.82) is 0 Å². The second-order valence-corrected chi connectivity index (χ2v) is 4.72. The van der Waals surface area contributed by atoms with E-state index in [0.717, 1.165) is 36.8 Å². The van der Waals surface area contributed by atoms with Gasteiger partial charge in [0.1, 0.15) is 5.76 Å². The Morgan fingerprint density at radius 2 is 2.28 bits per heavy atom. The van der Waals surface area contributed by atoms with Gasteiger partial charge in [-0.05, 0) is 38.8 Å². The Balaban J connectivity index is 1.54. The second kappa shape index (κ2) is 4.94. The van der Waals surface area contributed by atoms with Crippen LogP contribution in [0.5, 0.6) is 0 Å². The molecule has 0 atom stereocenters. The van der Waals surface area contributed by atoms with Crippen LogP contribution in [0.25, 0.3) is 11.5 Å². The van der Waals surface area contributed by atoms with E-state index >= 15 is 0 Å². The van der Waals surface area contributed by atoms with Gasteiger partial charge in [-0.25, -0.2) is 0 Å². The summed E-state index contributed by atoms with van der Waals surface area (Å²) in [5.74, 6) is 2.05. The highest BCUT2D eigenvalue weighted by Crippen LogP contribution is 2.23. The van der Waals surface area contributed by atoms with Gasteiger partial charge in [0.2, 0.25) is 5.89 Å². The molecule has 0 saturated heterocycles. The molecule has 3 rings (SSSR count). The molecular weight excluding hydrogens is 230 g/mol. The van der Waals surface area contributed by atoms with Gasteiger partial charge in [-0.2, -0.15) is 0 Å². The molecule has 0 aromatic carbocycles. The molecule has 0 amide bonds.